The molecular formula is C29H31NO5. The zero-order valence-electron chi connectivity index (χ0n) is 19.9. The van der Waals surface area contributed by atoms with Crippen LogP contribution in [0, 0.1) is 0 Å². The van der Waals surface area contributed by atoms with Crippen LogP contribution in [0.4, 0.5) is 0 Å². The van der Waals surface area contributed by atoms with Crippen LogP contribution < -0.4 is 19.5 Å². The number of ketones is 1. The van der Waals surface area contributed by atoms with Crippen molar-refractivity contribution in [2.75, 3.05) is 20.2 Å². The number of allylic oxidation sites excluding steroid dienone is 1. The number of hydrogen-bond donors (Lipinski definition) is 2. The Kier molecular flexibility index (Phi) is 8.41. The molecule has 3 aromatic rings. The van der Waals surface area contributed by atoms with E-state index in [1.807, 2.05) is 48.5 Å². The molecule has 2 N–H and O–H groups in total. The Balaban J connectivity index is 1.35. The molecule has 0 atom stereocenters. The molecule has 182 valence electrons. The third-order valence-corrected chi connectivity index (χ3v) is 5.94. The highest BCUT2D eigenvalue weighted by atomic mass is 16.5. The Morgan fingerprint density at radius 2 is 1.77 bits per heavy atom. The molecule has 35 heavy (non-hydrogen) atoms. The van der Waals surface area contributed by atoms with E-state index in [4.69, 9.17) is 14.2 Å². The number of carbonyl (C=O) groups excluding carboxylic acids is 1. The summed E-state index contributed by atoms with van der Waals surface area (Å²) in [5.41, 5.74) is 2.60. The minimum Gasteiger partial charge on any atom is -0.504 e. The van der Waals surface area contributed by atoms with Gasteiger partial charge < -0.3 is 24.6 Å². The molecule has 0 radical (unpaired) electrons. The van der Waals surface area contributed by atoms with Gasteiger partial charge in [0.25, 0.3) is 0 Å². The number of phenols is 1. The third kappa shape index (κ3) is 7.11. The van der Waals surface area contributed by atoms with Crippen LogP contribution in [0.25, 0.3) is 6.08 Å². The van der Waals surface area contributed by atoms with Crippen LogP contribution in [-0.2, 0) is 17.8 Å². The fraction of sp³-hybridized carbons (Fsp3) is 0.276. The second kappa shape index (κ2) is 12.1. The summed E-state index contributed by atoms with van der Waals surface area (Å²) in [7, 11) is 1.50. The van der Waals surface area contributed by atoms with Crippen LogP contribution >= 0.6 is 0 Å². The Morgan fingerprint density at radius 1 is 1.00 bits per heavy atom. The van der Waals surface area contributed by atoms with Gasteiger partial charge in [-0.05, 0) is 73.0 Å². The summed E-state index contributed by atoms with van der Waals surface area (Å²) in [5.74, 6) is 1.94. The van der Waals surface area contributed by atoms with Crippen molar-refractivity contribution in [1.82, 2.24) is 5.32 Å². The summed E-state index contributed by atoms with van der Waals surface area (Å²) in [6.45, 7) is 2.32. The molecule has 0 spiro atoms. The maximum atomic E-state index is 12.6. The molecule has 6 heteroatoms. The van der Waals surface area contributed by atoms with E-state index in [0.29, 0.717) is 12.4 Å². The average molecular weight is 474 g/mol. The lowest BCUT2D eigenvalue weighted by Crippen LogP contribution is -2.34. The van der Waals surface area contributed by atoms with Crippen molar-refractivity contribution in [2.45, 2.75) is 32.0 Å². The molecule has 1 aliphatic rings. The van der Waals surface area contributed by atoms with Crippen molar-refractivity contribution in [1.29, 1.82) is 0 Å². The maximum absolute atomic E-state index is 12.6. The normalized spacial score (nSPS) is 14.1. The first kappa shape index (κ1) is 24.4. The molecule has 4 rings (SSSR count). The lowest BCUT2D eigenvalue weighted by Gasteiger charge is -2.24. The monoisotopic (exact) mass is 473 g/mol. The Hall–Kier alpha value is -3.77. The number of ether oxygens (including phenoxy) is 3. The summed E-state index contributed by atoms with van der Waals surface area (Å²) in [6.07, 6.45) is 5.71. The van der Waals surface area contributed by atoms with Gasteiger partial charge in [0.05, 0.1) is 7.11 Å². The fourth-order valence-corrected chi connectivity index (χ4v) is 4.02. The number of benzene rings is 3. The van der Waals surface area contributed by atoms with Crippen molar-refractivity contribution in [3.8, 4) is 23.0 Å². The molecule has 1 saturated heterocycles. The first-order valence-electron chi connectivity index (χ1n) is 11.9. The van der Waals surface area contributed by atoms with Gasteiger partial charge in [0.15, 0.2) is 17.3 Å². The number of phenolic OH excluding ortho intramolecular Hbond substituents is 1. The fourth-order valence-electron chi connectivity index (χ4n) is 4.02. The molecule has 0 aliphatic carbocycles. The zero-order chi connectivity index (χ0) is 24.5. The van der Waals surface area contributed by atoms with Crippen molar-refractivity contribution >= 4 is 11.9 Å². The number of rotatable bonds is 10. The smallest absolute Gasteiger partial charge is 0.160 e. The van der Waals surface area contributed by atoms with Gasteiger partial charge in [-0.1, -0.05) is 42.5 Å². The van der Waals surface area contributed by atoms with Gasteiger partial charge in [-0.25, -0.2) is 0 Å². The highest BCUT2D eigenvalue weighted by molar-refractivity contribution is 5.95. The summed E-state index contributed by atoms with van der Waals surface area (Å²) >= 11 is 0. The minimum absolute atomic E-state index is 0.0369. The van der Waals surface area contributed by atoms with Gasteiger partial charge >= 0.3 is 0 Å². The molecule has 0 saturated carbocycles. The van der Waals surface area contributed by atoms with Crippen LogP contribution in [0.15, 0.2) is 72.8 Å². The summed E-state index contributed by atoms with van der Waals surface area (Å²) in [6, 6.07) is 20.5. The molecule has 3 aromatic carbocycles. The predicted molar refractivity (Wildman–Crippen MR) is 136 cm³/mol. The van der Waals surface area contributed by atoms with Gasteiger partial charge in [-0.15, -0.1) is 0 Å². The van der Waals surface area contributed by atoms with E-state index in [1.54, 1.807) is 24.3 Å². The summed E-state index contributed by atoms with van der Waals surface area (Å²) in [4.78, 5) is 12.6. The number of nitrogens with one attached hydrogen (secondary N) is 1. The second-order valence-electron chi connectivity index (χ2n) is 8.51. The molecule has 6 nitrogen and oxygen atoms in total. The Labute approximate surface area is 206 Å². The Morgan fingerprint density at radius 3 is 2.54 bits per heavy atom. The first-order valence-corrected chi connectivity index (χ1v) is 11.9. The topological polar surface area (TPSA) is 77.0 Å². The largest absolute Gasteiger partial charge is 0.504 e. The summed E-state index contributed by atoms with van der Waals surface area (Å²) in [5, 5.41) is 13.3. The molecule has 1 aliphatic heterocycles. The standard InChI is InChI=1S/C29H31NO5/c1-33-29-12-10-21(17-28(29)32)9-11-24(31)18-22-5-2-3-6-23(22)20-34-26-7-4-8-27(19-26)35-25-13-15-30-16-14-25/h2-12,17,19,25,30,32H,13-16,18,20H2,1H3/b11-9+. The molecule has 1 heterocycles. The van der Waals surface area contributed by atoms with E-state index in [-0.39, 0.29) is 24.1 Å². The maximum Gasteiger partial charge on any atom is 0.160 e. The molecule has 0 unspecified atom stereocenters. The van der Waals surface area contributed by atoms with E-state index in [2.05, 4.69) is 5.32 Å². The highest BCUT2D eigenvalue weighted by Gasteiger charge is 2.15. The van der Waals surface area contributed by atoms with Gasteiger partial charge in [-0.3, -0.25) is 4.79 Å². The van der Waals surface area contributed by atoms with Crippen molar-refractivity contribution in [3.05, 3.63) is 89.5 Å². The molecule has 0 amide bonds. The van der Waals surface area contributed by atoms with Gasteiger partial charge in [0.1, 0.15) is 24.2 Å². The lowest BCUT2D eigenvalue weighted by atomic mass is 10.0. The molecule has 0 aromatic heterocycles. The quantitative estimate of drug-likeness (QED) is 0.407. The minimum atomic E-state index is -0.0369. The molecule has 1 fully saturated rings. The van der Waals surface area contributed by atoms with Crippen LogP contribution in [0.3, 0.4) is 0 Å². The third-order valence-electron chi connectivity index (χ3n) is 5.94. The van der Waals surface area contributed by atoms with Crippen molar-refractivity contribution in [3.63, 3.8) is 0 Å². The molecular weight excluding hydrogens is 442 g/mol. The second-order valence-corrected chi connectivity index (χ2v) is 8.51. The number of carbonyl (C=O) groups is 1. The lowest BCUT2D eigenvalue weighted by molar-refractivity contribution is -0.113. The molecule has 0 bridgehead atoms. The van der Waals surface area contributed by atoms with E-state index >= 15 is 0 Å². The van der Waals surface area contributed by atoms with Gasteiger partial charge in [0.2, 0.25) is 0 Å². The van der Waals surface area contributed by atoms with E-state index in [1.165, 1.54) is 13.2 Å². The van der Waals surface area contributed by atoms with E-state index in [9.17, 15) is 9.90 Å². The van der Waals surface area contributed by atoms with Crippen molar-refractivity contribution < 1.29 is 24.1 Å². The van der Waals surface area contributed by atoms with E-state index in [0.717, 1.165) is 54.1 Å². The Bertz CT molecular complexity index is 1170. The predicted octanol–water partition coefficient (Wildman–Crippen LogP) is 4.94. The van der Waals surface area contributed by atoms with Crippen LogP contribution in [0.5, 0.6) is 23.0 Å². The number of aromatic hydroxyl groups is 1. The van der Waals surface area contributed by atoms with E-state index < -0.39 is 0 Å². The van der Waals surface area contributed by atoms with Crippen LogP contribution in [0.1, 0.15) is 29.5 Å². The van der Waals surface area contributed by atoms with Gasteiger partial charge in [0, 0.05) is 12.5 Å². The number of methoxy groups -OCH3 is 1. The SMILES string of the molecule is COc1ccc(/C=C/C(=O)Cc2ccccc2COc2cccc(OC3CCNCC3)c2)cc1O. The van der Waals surface area contributed by atoms with Gasteiger partial charge in [-0.2, -0.15) is 0 Å². The number of piperidine rings is 1. The highest BCUT2D eigenvalue weighted by Crippen LogP contribution is 2.27. The first-order chi connectivity index (χ1) is 17.1. The average Bonchev–Trinajstić information content (AvgIpc) is 2.88. The zero-order valence-corrected chi connectivity index (χ0v) is 19.9. The van der Waals surface area contributed by atoms with Crippen molar-refractivity contribution in [2.24, 2.45) is 0 Å². The van der Waals surface area contributed by atoms with Crippen LogP contribution in [-0.4, -0.2) is 37.2 Å². The number of hydrogen-bond acceptors (Lipinski definition) is 6. The summed E-state index contributed by atoms with van der Waals surface area (Å²) < 4.78 is 17.2. The van der Waals surface area contributed by atoms with Crippen LogP contribution in [0.2, 0.25) is 0 Å².